The molecule has 1 aromatic rings. The van der Waals surface area contributed by atoms with Crippen molar-refractivity contribution in [3.05, 3.63) is 17.5 Å². The Balaban J connectivity index is 3.33. The summed E-state index contributed by atoms with van der Waals surface area (Å²) in [7, 11) is 2.85. The number of carboxylic acids is 1. The zero-order valence-corrected chi connectivity index (χ0v) is 9.64. The number of carbonyl (C=O) groups is 2. The summed E-state index contributed by atoms with van der Waals surface area (Å²) in [6, 6.07) is 0. The normalized spacial score (nSPS) is 11.2. The van der Waals surface area contributed by atoms with E-state index in [0.717, 1.165) is 0 Å². The first kappa shape index (κ1) is 12.2. The van der Waals surface area contributed by atoms with Gasteiger partial charge in [-0.15, -0.1) is 0 Å². The molecule has 1 rings (SSSR count). The van der Waals surface area contributed by atoms with Crippen molar-refractivity contribution in [2.45, 2.75) is 19.3 Å². The number of aromatic nitrogens is 2. The summed E-state index contributed by atoms with van der Waals surface area (Å²) in [5.74, 6) is -1.66. The highest BCUT2D eigenvalue weighted by atomic mass is 16.5. The van der Waals surface area contributed by atoms with E-state index in [1.54, 1.807) is 7.05 Å². The van der Waals surface area contributed by atoms with E-state index >= 15 is 0 Å². The van der Waals surface area contributed by atoms with Crippen LogP contribution in [0.2, 0.25) is 0 Å². The first-order valence-electron chi connectivity index (χ1n) is 4.66. The van der Waals surface area contributed by atoms with Crippen LogP contribution in [-0.4, -0.2) is 33.9 Å². The summed E-state index contributed by atoms with van der Waals surface area (Å²) in [6.45, 7) is 3.03. The van der Waals surface area contributed by atoms with Crippen LogP contribution in [0.1, 0.15) is 29.9 Å². The monoisotopic (exact) mass is 226 g/mol. The van der Waals surface area contributed by atoms with Gasteiger partial charge in [0.15, 0.2) is 5.69 Å². The second-order valence-corrected chi connectivity index (χ2v) is 3.99. The van der Waals surface area contributed by atoms with Gasteiger partial charge in [-0.3, -0.25) is 9.48 Å². The molecule has 0 spiro atoms. The number of methoxy groups -OCH3 is 1. The number of aryl methyl sites for hydroxylation is 1. The van der Waals surface area contributed by atoms with Gasteiger partial charge in [-0.05, 0) is 13.8 Å². The number of carbonyl (C=O) groups excluding carboxylic acids is 1. The highest BCUT2D eigenvalue weighted by molar-refractivity contribution is 5.92. The number of esters is 1. The minimum atomic E-state index is -1.18. The summed E-state index contributed by atoms with van der Waals surface area (Å²) in [5, 5.41) is 13.0. The molecule has 6 heteroatoms. The zero-order valence-electron chi connectivity index (χ0n) is 9.64. The molecule has 0 saturated carbocycles. The van der Waals surface area contributed by atoms with Crippen LogP contribution >= 0.6 is 0 Å². The lowest BCUT2D eigenvalue weighted by Crippen LogP contribution is -2.30. The van der Waals surface area contributed by atoms with Crippen molar-refractivity contribution in [2.75, 3.05) is 7.11 Å². The van der Waals surface area contributed by atoms with Gasteiger partial charge in [0.2, 0.25) is 0 Å². The Kier molecular flexibility index (Phi) is 3.02. The molecule has 1 heterocycles. The van der Waals surface area contributed by atoms with Crippen LogP contribution in [0.5, 0.6) is 0 Å². The van der Waals surface area contributed by atoms with Gasteiger partial charge in [0, 0.05) is 18.8 Å². The van der Waals surface area contributed by atoms with E-state index in [9.17, 15) is 9.59 Å². The van der Waals surface area contributed by atoms with Gasteiger partial charge >= 0.3 is 11.9 Å². The van der Waals surface area contributed by atoms with Crippen LogP contribution in [0.4, 0.5) is 0 Å². The molecule has 0 saturated heterocycles. The Morgan fingerprint density at radius 2 is 2.06 bits per heavy atom. The van der Waals surface area contributed by atoms with Crippen molar-refractivity contribution in [1.82, 2.24) is 9.78 Å². The SMILES string of the molecule is COC(=O)c1nn(C)cc1C(C)(C)C(=O)O. The maximum Gasteiger partial charge on any atom is 0.358 e. The first-order valence-corrected chi connectivity index (χ1v) is 4.66. The largest absolute Gasteiger partial charge is 0.481 e. The maximum absolute atomic E-state index is 11.4. The van der Waals surface area contributed by atoms with Crippen molar-refractivity contribution in [3.63, 3.8) is 0 Å². The molecule has 0 unspecified atom stereocenters. The van der Waals surface area contributed by atoms with Gasteiger partial charge in [0.1, 0.15) is 0 Å². The topological polar surface area (TPSA) is 81.4 Å². The predicted molar refractivity (Wildman–Crippen MR) is 55.2 cm³/mol. The molecule has 0 aliphatic heterocycles. The van der Waals surface area contributed by atoms with E-state index in [0.29, 0.717) is 5.56 Å². The molecule has 0 bridgehead atoms. The van der Waals surface area contributed by atoms with Crippen molar-refractivity contribution in [3.8, 4) is 0 Å². The van der Waals surface area contributed by atoms with Gasteiger partial charge in [-0.1, -0.05) is 0 Å². The Morgan fingerprint density at radius 1 is 1.50 bits per heavy atom. The van der Waals surface area contributed by atoms with Crippen molar-refractivity contribution < 1.29 is 19.4 Å². The van der Waals surface area contributed by atoms with Crippen molar-refractivity contribution in [2.24, 2.45) is 7.05 Å². The average molecular weight is 226 g/mol. The van der Waals surface area contributed by atoms with Crippen LogP contribution in [0.15, 0.2) is 6.20 Å². The smallest absolute Gasteiger partial charge is 0.358 e. The number of nitrogens with zero attached hydrogens (tertiary/aromatic N) is 2. The van der Waals surface area contributed by atoms with E-state index < -0.39 is 17.4 Å². The fourth-order valence-corrected chi connectivity index (χ4v) is 1.31. The third-order valence-corrected chi connectivity index (χ3v) is 2.42. The number of rotatable bonds is 3. The average Bonchev–Trinajstić information content (AvgIpc) is 2.59. The molecule has 16 heavy (non-hydrogen) atoms. The third-order valence-electron chi connectivity index (χ3n) is 2.42. The lowest BCUT2D eigenvalue weighted by molar-refractivity contribution is -0.142. The lowest BCUT2D eigenvalue weighted by atomic mass is 9.85. The van der Waals surface area contributed by atoms with Crippen LogP contribution in [-0.2, 0) is 22.0 Å². The molecule has 0 aliphatic carbocycles. The number of aliphatic carboxylic acids is 1. The second kappa shape index (κ2) is 3.96. The highest BCUT2D eigenvalue weighted by Crippen LogP contribution is 2.26. The van der Waals surface area contributed by atoms with Crippen molar-refractivity contribution in [1.29, 1.82) is 0 Å². The lowest BCUT2D eigenvalue weighted by Gasteiger charge is -2.18. The maximum atomic E-state index is 11.4. The summed E-state index contributed by atoms with van der Waals surface area (Å²) < 4.78 is 5.95. The molecule has 0 amide bonds. The molecular formula is C10H14N2O4. The number of ether oxygens (including phenoxy) is 1. The molecule has 0 fully saturated rings. The molecule has 1 aromatic heterocycles. The van der Waals surface area contributed by atoms with E-state index in [1.165, 1.54) is 31.8 Å². The molecule has 1 N–H and O–H groups in total. The molecule has 0 aliphatic rings. The number of carboxylic acid groups (broad SMARTS) is 1. The molecule has 0 aromatic carbocycles. The van der Waals surface area contributed by atoms with E-state index in [2.05, 4.69) is 9.84 Å². The summed E-state index contributed by atoms with van der Waals surface area (Å²) in [5.41, 5.74) is -0.802. The minimum Gasteiger partial charge on any atom is -0.481 e. The fourth-order valence-electron chi connectivity index (χ4n) is 1.31. The predicted octanol–water partition coefficient (Wildman–Crippen LogP) is 0.569. The van der Waals surface area contributed by atoms with E-state index in [4.69, 9.17) is 5.11 Å². The Labute approximate surface area is 92.8 Å². The molecular weight excluding hydrogens is 212 g/mol. The zero-order chi connectivity index (χ0) is 12.5. The highest BCUT2D eigenvalue weighted by Gasteiger charge is 2.36. The van der Waals surface area contributed by atoms with Gasteiger partial charge in [0.25, 0.3) is 0 Å². The summed E-state index contributed by atoms with van der Waals surface area (Å²) in [6.07, 6.45) is 1.51. The quantitative estimate of drug-likeness (QED) is 0.762. The Morgan fingerprint density at radius 3 is 2.50 bits per heavy atom. The van der Waals surface area contributed by atoms with Gasteiger partial charge in [-0.25, -0.2) is 4.79 Å². The van der Waals surface area contributed by atoms with Crippen LogP contribution in [0.3, 0.4) is 0 Å². The molecule has 6 nitrogen and oxygen atoms in total. The Hall–Kier alpha value is -1.85. The van der Waals surface area contributed by atoms with Gasteiger partial charge < -0.3 is 9.84 Å². The number of hydrogen-bond donors (Lipinski definition) is 1. The van der Waals surface area contributed by atoms with Crippen LogP contribution < -0.4 is 0 Å². The number of hydrogen-bond acceptors (Lipinski definition) is 4. The Bertz CT molecular complexity index is 434. The van der Waals surface area contributed by atoms with Crippen LogP contribution in [0, 0.1) is 0 Å². The summed E-state index contributed by atoms with van der Waals surface area (Å²) >= 11 is 0. The first-order chi connectivity index (χ1) is 7.30. The molecule has 0 atom stereocenters. The van der Waals surface area contributed by atoms with Crippen molar-refractivity contribution >= 4 is 11.9 Å². The third kappa shape index (κ3) is 1.91. The summed E-state index contributed by atoms with van der Waals surface area (Å²) in [4.78, 5) is 22.5. The van der Waals surface area contributed by atoms with E-state index in [-0.39, 0.29) is 5.69 Å². The standard InChI is InChI=1S/C10H14N2O4/c1-10(2,9(14)15)6-5-12(3)11-7(6)8(13)16-4/h5H,1-4H3,(H,14,15). The second-order valence-electron chi connectivity index (χ2n) is 3.99. The molecule has 88 valence electrons. The van der Waals surface area contributed by atoms with Gasteiger partial charge in [-0.2, -0.15) is 5.10 Å². The van der Waals surface area contributed by atoms with Crippen LogP contribution in [0.25, 0.3) is 0 Å². The fraction of sp³-hybridized carbons (Fsp3) is 0.500. The van der Waals surface area contributed by atoms with E-state index in [1.807, 2.05) is 0 Å². The molecule has 0 radical (unpaired) electrons. The minimum absolute atomic E-state index is 0.0393. The van der Waals surface area contributed by atoms with Gasteiger partial charge in [0.05, 0.1) is 12.5 Å².